The van der Waals surface area contributed by atoms with Gasteiger partial charge in [-0.3, -0.25) is 4.79 Å². The van der Waals surface area contributed by atoms with E-state index in [4.69, 9.17) is 14.0 Å². The van der Waals surface area contributed by atoms with Gasteiger partial charge in [0.05, 0.1) is 6.10 Å². The van der Waals surface area contributed by atoms with E-state index in [-0.39, 0.29) is 36.4 Å². The quantitative estimate of drug-likeness (QED) is 0.406. The Kier molecular flexibility index (Phi) is 78.3. The second-order valence-corrected chi connectivity index (χ2v) is 2.80. The third-order valence-electron chi connectivity index (χ3n) is 1.71. The molecule has 0 aliphatic carbocycles. The second-order valence-electron chi connectivity index (χ2n) is 2.80. The van der Waals surface area contributed by atoms with Gasteiger partial charge in [0.2, 0.25) is 0 Å². The van der Waals surface area contributed by atoms with E-state index in [1.54, 1.807) is 6.92 Å². The molecule has 0 rings (SSSR count). The molecule has 7 heteroatoms. The molecule has 0 N–H and O–H groups in total. The van der Waals surface area contributed by atoms with Gasteiger partial charge < -0.3 is 17.0 Å². The minimum absolute atomic E-state index is 0. The van der Waals surface area contributed by atoms with Crippen LogP contribution in [0.2, 0.25) is 0 Å². The molecule has 0 saturated heterocycles. The summed E-state index contributed by atoms with van der Waals surface area (Å²) in [4.78, 5) is 20.6. The van der Waals surface area contributed by atoms with E-state index in [9.17, 15) is 9.59 Å². The van der Waals surface area contributed by atoms with Crippen LogP contribution in [0.5, 0.6) is 0 Å². The maximum atomic E-state index is 10.8. The van der Waals surface area contributed by atoms with Crippen molar-refractivity contribution in [2.24, 2.45) is 0 Å². The van der Waals surface area contributed by atoms with E-state index in [2.05, 4.69) is 24.7 Å². The van der Waals surface area contributed by atoms with Crippen molar-refractivity contribution in [1.29, 1.82) is 0 Å². The largest absolute Gasteiger partial charge is 2.00 e. The first-order valence-corrected chi connectivity index (χ1v) is 4.86. The van der Waals surface area contributed by atoms with Gasteiger partial charge in [-0.05, 0) is 19.8 Å². The number of ether oxygens (including phenoxy) is 1. The van der Waals surface area contributed by atoms with Crippen molar-refractivity contribution in [1.82, 2.24) is 0 Å². The van der Waals surface area contributed by atoms with E-state index >= 15 is 0 Å². The van der Waals surface area contributed by atoms with Gasteiger partial charge >= 0.3 is 51.0 Å². The fraction of sp³-hybridized carbons (Fsp3) is 0.538. The maximum Gasteiger partial charge on any atom is 2.00 e. The van der Waals surface area contributed by atoms with Crippen molar-refractivity contribution in [2.75, 3.05) is 0 Å². The Morgan fingerprint density at radius 2 is 1.60 bits per heavy atom. The van der Waals surface area contributed by atoms with E-state index in [1.165, 1.54) is 6.47 Å². The molecule has 0 bridgehead atoms. The topological polar surface area (TPSA) is 103 Å². The van der Waals surface area contributed by atoms with Crippen LogP contribution in [0.3, 0.4) is 0 Å². The predicted molar refractivity (Wildman–Crippen MR) is 63.6 cm³/mol. The Hall–Kier alpha value is -1.12. The zero-order valence-electron chi connectivity index (χ0n) is 11.7. The third-order valence-corrected chi connectivity index (χ3v) is 1.71. The molecule has 0 spiro atoms. The average Bonchev–Trinajstić information content (AvgIpc) is 2.45. The Morgan fingerprint density at radius 1 is 1.20 bits per heavy atom. The van der Waals surface area contributed by atoms with Gasteiger partial charge in [0.1, 0.15) is 5.78 Å². The fourth-order valence-electron chi connectivity index (χ4n) is 0.905. The Labute approximate surface area is 131 Å². The Bertz CT molecular complexity index is 233. The van der Waals surface area contributed by atoms with Crippen LogP contribution < -0.4 is 0 Å². The van der Waals surface area contributed by atoms with Crippen molar-refractivity contribution >= 4 is 12.3 Å². The van der Waals surface area contributed by atoms with Gasteiger partial charge in [-0.1, -0.05) is 13.4 Å². The van der Waals surface area contributed by atoms with Crippen LogP contribution in [0.15, 0.2) is 0 Å². The van der Waals surface area contributed by atoms with Crippen molar-refractivity contribution in [3.8, 4) is 0 Å². The third kappa shape index (κ3) is 43.6. The number of carbonyl (C=O) groups excluding carboxylic acids is 2. The first-order chi connectivity index (χ1) is 8.70. The van der Waals surface area contributed by atoms with Gasteiger partial charge in [0.25, 0.3) is 0 Å². The van der Waals surface area contributed by atoms with Crippen LogP contribution in [0, 0.1) is 27.4 Å². The molecule has 0 amide bonds. The molecular weight excluding hydrogens is 308 g/mol. The standard InChI is InChI=1S/C9H15O3.3CO.CH3.Fe/c1-3-9(11)6-4-5-8(2)12-7-10;3*1-2;;/h8H,3-6H2,1-2H3;;;;1H3;/q-1;;;;-1;+2/t8-;;;;;/m0...../s1. The molecular formula is C13H18FeO6. The van der Waals surface area contributed by atoms with Crippen LogP contribution in [0.1, 0.15) is 39.5 Å². The molecule has 0 aliphatic rings. The average molecular weight is 326 g/mol. The molecule has 0 aromatic carbocycles. The molecule has 0 aromatic rings. The minimum Gasteiger partial charge on any atom is -0.358 e. The molecule has 114 valence electrons. The number of hydrogen-bond donors (Lipinski definition) is 0. The van der Waals surface area contributed by atoms with Gasteiger partial charge in [-0.15, -0.1) is 0 Å². The molecule has 6 nitrogen and oxygen atoms in total. The van der Waals surface area contributed by atoms with Crippen molar-refractivity contribution < 1.29 is 45.4 Å². The van der Waals surface area contributed by atoms with Crippen LogP contribution in [-0.2, 0) is 45.4 Å². The SMILES string of the molecule is CCC(=O)CCC[C@H](C)O[C-]=O.[C-]#[O+].[C-]#[O+].[C-]#[O+].[CH3-].[Fe+2]. The van der Waals surface area contributed by atoms with Crippen LogP contribution in [-0.4, -0.2) is 18.4 Å². The van der Waals surface area contributed by atoms with E-state index in [0.717, 1.165) is 12.8 Å². The molecule has 0 aliphatic heterocycles. The molecule has 0 heterocycles. The summed E-state index contributed by atoms with van der Waals surface area (Å²) in [5.74, 6) is 0.261. The smallest absolute Gasteiger partial charge is 0.358 e. The van der Waals surface area contributed by atoms with Crippen LogP contribution in [0.25, 0.3) is 0 Å². The number of ketones is 1. The number of Topliss-reactive ketones (excluding diaryl/α,β-unsaturated/α-hetero) is 1. The van der Waals surface area contributed by atoms with E-state index in [1.807, 2.05) is 6.92 Å². The van der Waals surface area contributed by atoms with Crippen molar-refractivity contribution in [3.05, 3.63) is 27.4 Å². The molecule has 0 aromatic heterocycles. The monoisotopic (exact) mass is 326 g/mol. The van der Waals surface area contributed by atoms with Gasteiger partial charge in [0.15, 0.2) is 0 Å². The zero-order valence-corrected chi connectivity index (χ0v) is 12.8. The van der Waals surface area contributed by atoms with Gasteiger partial charge in [-0.25, -0.2) is 0 Å². The minimum atomic E-state index is -0.118. The Balaban J connectivity index is -0.0000000540. The maximum absolute atomic E-state index is 10.8. The summed E-state index contributed by atoms with van der Waals surface area (Å²) >= 11 is 0. The first kappa shape index (κ1) is 36.4. The van der Waals surface area contributed by atoms with Gasteiger partial charge in [0, 0.05) is 12.8 Å². The van der Waals surface area contributed by atoms with Crippen LogP contribution in [0.4, 0.5) is 0 Å². The molecule has 20 heavy (non-hydrogen) atoms. The van der Waals surface area contributed by atoms with Gasteiger partial charge in [-0.2, -0.15) is 0 Å². The first-order valence-electron chi connectivity index (χ1n) is 4.86. The fourth-order valence-corrected chi connectivity index (χ4v) is 0.905. The van der Waals surface area contributed by atoms with E-state index in [0.29, 0.717) is 12.8 Å². The number of hydrogen-bond acceptors (Lipinski definition) is 3. The van der Waals surface area contributed by atoms with E-state index < -0.39 is 0 Å². The summed E-state index contributed by atoms with van der Waals surface area (Å²) in [6, 6.07) is 0. The molecule has 0 radical (unpaired) electrons. The summed E-state index contributed by atoms with van der Waals surface area (Å²) in [7, 11) is 0. The number of carbonyl (C=O) groups is 1. The Morgan fingerprint density at radius 3 is 1.90 bits per heavy atom. The summed E-state index contributed by atoms with van der Waals surface area (Å²) in [6.45, 7) is 18.5. The molecule has 1 atom stereocenters. The molecule has 0 unspecified atom stereocenters. The van der Waals surface area contributed by atoms with Crippen LogP contribution >= 0.6 is 0 Å². The molecule has 0 saturated carbocycles. The zero-order chi connectivity index (χ0) is 15.4. The molecule has 0 fully saturated rings. The summed E-state index contributed by atoms with van der Waals surface area (Å²) in [6.07, 6.45) is 2.58. The summed E-state index contributed by atoms with van der Waals surface area (Å²) in [5, 5.41) is 0. The second kappa shape index (κ2) is 43.0. The number of rotatable bonds is 7. The normalized spacial score (nSPS) is 7.60. The van der Waals surface area contributed by atoms with Crippen molar-refractivity contribution in [2.45, 2.75) is 45.6 Å². The predicted octanol–water partition coefficient (Wildman–Crippen LogP) is 1.94. The van der Waals surface area contributed by atoms with Crippen molar-refractivity contribution in [3.63, 3.8) is 0 Å². The summed E-state index contributed by atoms with van der Waals surface area (Å²) in [5.41, 5.74) is 0. The summed E-state index contributed by atoms with van der Waals surface area (Å²) < 4.78 is 27.0.